The highest BCUT2D eigenvalue weighted by Crippen LogP contribution is 2.28. The van der Waals surface area contributed by atoms with Crippen LogP contribution in [0.3, 0.4) is 0 Å². The molecule has 0 aliphatic heterocycles. The summed E-state index contributed by atoms with van der Waals surface area (Å²) in [5, 5.41) is 3.97. The number of esters is 1. The summed E-state index contributed by atoms with van der Waals surface area (Å²) < 4.78 is 4.91. The van der Waals surface area contributed by atoms with Gasteiger partial charge in [0.05, 0.1) is 12.7 Å². The van der Waals surface area contributed by atoms with E-state index in [1.165, 1.54) is 7.11 Å². The molecule has 0 spiro atoms. The lowest BCUT2D eigenvalue weighted by molar-refractivity contribution is 0.0605. The summed E-state index contributed by atoms with van der Waals surface area (Å²) in [5.74, 6) is -0.289. The molecule has 0 saturated carbocycles. The molecular formula is C18H18O2. The first-order chi connectivity index (χ1) is 9.81. The lowest BCUT2D eigenvalue weighted by Crippen LogP contribution is -2.03. The third-order valence-electron chi connectivity index (χ3n) is 3.16. The molecule has 0 aromatic heterocycles. The quantitative estimate of drug-likeness (QED) is 0.467. The van der Waals surface area contributed by atoms with Crippen LogP contribution in [0.25, 0.3) is 21.5 Å². The van der Waals surface area contributed by atoms with Gasteiger partial charge in [-0.1, -0.05) is 62.4 Å². The van der Waals surface area contributed by atoms with Gasteiger partial charge < -0.3 is 4.74 Å². The molecule has 0 bridgehead atoms. The maximum atomic E-state index is 12.0. The summed E-state index contributed by atoms with van der Waals surface area (Å²) >= 11 is 0. The van der Waals surface area contributed by atoms with E-state index in [4.69, 9.17) is 4.74 Å². The molecule has 0 N–H and O–H groups in total. The average Bonchev–Trinajstić information content (AvgIpc) is 2.53. The summed E-state index contributed by atoms with van der Waals surface area (Å²) in [6, 6.07) is 17.8. The molecule has 3 rings (SSSR count). The third kappa shape index (κ3) is 2.37. The van der Waals surface area contributed by atoms with Crippen LogP contribution in [0.4, 0.5) is 0 Å². The molecule has 0 atom stereocenters. The summed E-state index contributed by atoms with van der Waals surface area (Å²) in [6.45, 7) is 4.00. The summed E-state index contributed by atoms with van der Waals surface area (Å²) in [4.78, 5) is 12.0. The van der Waals surface area contributed by atoms with Crippen molar-refractivity contribution in [2.45, 2.75) is 13.8 Å². The fourth-order valence-corrected chi connectivity index (χ4v) is 2.34. The van der Waals surface area contributed by atoms with Crippen LogP contribution in [-0.4, -0.2) is 13.1 Å². The number of ether oxygens (including phenoxy) is 1. The first-order valence-electron chi connectivity index (χ1n) is 6.80. The fourth-order valence-electron chi connectivity index (χ4n) is 2.34. The van der Waals surface area contributed by atoms with Gasteiger partial charge in [-0.05, 0) is 27.6 Å². The lowest BCUT2D eigenvalue weighted by Gasteiger charge is -2.09. The van der Waals surface area contributed by atoms with Gasteiger partial charge in [0.2, 0.25) is 0 Å². The van der Waals surface area contributed by atoms with E-state index in [-0.39, 0.29) is 5.97 Å². The second-order valence-electron chi connectivity index (χ2n) is 4.19. The number of hydrogen-bond donors (Lipinski definition) is 0. The van der Waals surface area contributed by atoms with Crippen LogP contribution in [0.1, 0.15) is 24.2 Å². The molecule has 0 aliphatic carbocycles. The smallest absolute Gasteiger partial charge is 0.339 e. The highest BCUT2D eigenvalue weighted by Gasteiger charge is 2.14. The Morgan fingerprint density at radius 1 is 0.850 bits per heavy atom. The van der Waals surface area contributed by atoms with E-state index < -0.39 is 0 Å². The molecule has 102 valence electrons. The minimum Gasteiger partial charge on any atom is -0.465 e. The average molecular weight is 266 g/mol. The Hall–Kier alpha value is -2.35. The Morgan fingerprint density at radius 3 is 1.75 bits per heavy atom. The van der Waals surface area contributed by atoms with E-state index >= 15 is 0 Å². The van der Waals surface area contributed by atoms with Crippen LogP contribution in [0.15, 0.2) is 54.6 Å². The van der Waals surface area contributed by atoms with Crippen molar-refractivity contribution in [1.29, 1.82) is 0 Å². The van der Waals surface area contributed by atoms with Crippen molar-refractivity contribution >= 4 is 27.5 Å². The van der Waals surface area contributed by atoms with Gasteiger partial charge in [0.1, 0.15) is 0 Å². The molecule has 2 nitrogen and oxygen atoms in total. The zero-order valence-electron chi connectivity index (χ0n) is 12.0. The standard InChI is InChI=1S/C16H12O2.C2H6/c1-18-16(17)15-13-8-4-2-6-11(13)10-12-7-3-5-9-14(12)15;1-2/h2-10H,1H3;1-2H3. The van der Waals surface area contributed by atoms with Gasteiger partial charge in [0.15, 0.2) is 0 Å². The van der Waals surface area contributed by atoms with Gasteiger partial charge in [0.25, 0.3) is 0 Å². The van der Waals surface area contributed by atoms with Crippen LogP contribution in [0.2, 0.25) is 0 Å². The summed E-state index contributed by atoms with van der Waals surface area (Å²) in [5.41, 5.74) is 0.645. The SMILES string of the molecule is CC.COC(=O)c1c2ccccc2cc2ccccc12. The van der Waals surface area contributed by atoms with Crippen molar-refractivity contribution in [2.75, 3.05) is 7.11 Å². The maximum absolute atomic E-state index is 12.0. The highest BCUT2D eigenvalue weighted by atomic mass is 16.5. The van der Waals surface area contributed by atoms with Crippen LogP contribution < -0.4 is 0 Å². The molecule has 0 amide bonds. The van der Waals surface area contributed by atoms with Crippen LogP contribution >= 0.6 is 0 Å². The molecule has 0 heterocycles. The number of methoxy groups -OCH3 is 1. The van der Waals surface area contributed by atoms with Crippen molar-refractivity contribution in [2.24, 2.45) is 0 Å². The van der Waals surface area contributed by atoms with Crippen molar-refractivity contribution in [1.82, 2.24) is 0 Å². The fraction of sp³-hybridized carbons (Fsp3) is 0.167. The largest absolute Gasteiger partial charge is 0.465 e. The molecule has 3 aromatic carbocycles. The first kappa shape index (κ1) is 14.1. The van der Waals surface area contributed by atoms with Gasteiger partial charge in [-0.2, -0.15) is 0 Å². The van der Waals surface area contributed by atoms with E-state index in [9.17, 15) is 4.79 Å². The summed E-state index contributed by atoms with van der Waals surface area (Å²) in [6.07, 6.45) is 0. The highest BCUT2D eigenvalue weighted by molar-refractivity contribution is 6.16. The number of carbonyl (C=O) groups is 1. The van der Waals surface area contributed by atoms with Crippen molar-refractivity contribution in [3.05, 3.63) is 60.2 Å². The Morgan fingerprint density at radius 2 is 1.30 bits per heavy atom. The molecule has 20 heavy (non-hydrogen) atoms. The lowest BCUT2D eigenvalue weighted by atomic mass is 9.97. The molecule has 0 aliphatic rings. The van der Waals surface area contributed by atoms with Gasteiger partial charge in [-0.25, -0.2) is 4.79 Å². The minimum absolute atomic E-state index is 0.289. The normalized spacial score (nSPS) is 9.95. The predicted molar refractivity (Wildman–Crippen MR) is 84.1 cm³/mol. The zero-order chi connectivity index (χ0) is 14.5. The molecular weight excluding hydrogens is 248 g/mol. The van der Waals surface area contributed by atoms with E-state index in [1.807, 2.05) is 62.4 Å². The molecule has 2 heteroatoms. The summed E-state index contributed by atoms with van der Waals surface area (Å²) in [7, 11) is 1.42. The van der Waals surface area contributed by atoms with Crippen molar-refractivity contribution in [3.63, 3.8) is 0 Å². The van der Waals surface area contributed by atoms with Gasteiger partial charge >= 0.3 is 5.97 Å². The number of fused-ring (bicyclic) bond motifs is 2. The minimum atomic E-state index is -0.289. The first-order valence-corrected chi connectivity index (χ1v) is 6.80. The van der Waals surface area contributed by atoms with E-state index in [1.54, 1.807) is 0 Å². The topological polar surface area (TPSA) is 26.3 Å². The number of hydrogen-bond acceptors (Lipinski definition) is 2. The molecule has 0 radical (unpaired) electrons. The Bertz CT molecular complexity index is 691. The zero-order valence-corrected chi connectivity index (χ0v) is 12.0. The number of rotatable bonds is 1. The molecule has 0 unspecified atom stereocenters. The molecule has 0 fully saturated rings. The second kappa shape index (κ2) is 6.20. The van der Waals surface area contributed by atoms with E-state index in [2.05, 4.69) is 6.07 Å². The predicted octanol–water partition coefficient (Wildman–Crippen LogP) is 4.81. The third-order valence-corrected chi connectivity index (χ3v) is 3.16. The Kier molecular flexibility index (Phi) is 4.36. The monoisotopic (exact) mass is 266 g/mol. The van der Waals surface area contributed by atoms with E-state index in [0.717, 1.165) is 21.5 Å². The number of carbonyl (C=O) groups excluding carboxylic acids is 1. The Labute approximate surface area is 119 Å². The van der Waals surface area contributed by atoms with Crippen LogP contribution in [0.5, 0.6) is 0 Å². The van der Waals surface area contributed by atoms with Crippen molar-refractivity contribution in [3.8, 4) is 0 Å². The van der Waals surface area contributed by atoms with Crippen molar-refractivity contribution < 1.29 is 9.53 Å². The number of benzene rings is 3. The van der Waals surface area contributed by atoms with Gasteiger partial charge in [-0.15, -0.1) is 0 Å². The van der Waals surface area contributed by atoms with Crippen LogP contribution in [-0.2, 0) is 4.74 Å². The maximum Gasteiger partial charge on any atom is 0.339 e. The van der Waals surface area contributed by atoms with E-state index in [0.29, 0.717) is 5.56 Å². The molecule has 0 saturated heterocycles. The Balaban J connectivity index is 0.000000704. The van der Waals surface area contributed by atoms with Gasteiger partial charge in [-0.3, -0.25) is 0 Å². The molecule has 3 aromatic rings. The van der Waals surface area contributed by atoms with Gasteiger partial charge in [0, 0.05) is 0 Å². The van der Waals surface area contributed by atoms with Crippen LogP contribution in [0, 0.1) is 0 Å². The second-order valence-corrected chi connectivity index (χ2v) is 4.19.